The molecular weight excluding hydrogens is 478 g/mol. The molecule has 7 nitrogen and oxygen atoms in total. The largest absolute Gasteiger partial charge is 0.508 e. The van der Waals surface area contributed by atoms with Crippen molar-refractivity contribution in [2.75, 3.05) is 13.6 Å². The van der Waals surface area contributed by atoms with Crippen LogP contribution in [0.15, 0.2) is 24.4 Å². The quantitative estimate of drug-likeness (QED) is 0.0822. The van der Waals surface area contributed by atoms with Gasteiger partial charge in [-0.3, -0.25) is 4.79 Å². The third-order valence-electron chi connectivity index (χ3n) is 7.02. The summed E-state index contributed by atoms with van der Waals surface area (Å²) in [6.07, 6.45) is 25.4. The van der Waals surface area contributed by atoms with Gasteiger partial charge in [-0.15, -0.1) is 0 Å². The second-order valence-electron chi connectivity index (χ2n) is 10.3. The van der Waals surface area contributed by atoms with E-state index in [-0.39, 0.29) is 12.2 Å². The van der Waals surface area contributed by atoms with Crippen LogP contribution in [0.5, 0.6) is 5.75 Å². The van der Waals surface area contributed by atoms with Crippen molar-refractivity contribution in [3.8, 4) is 5.75 Å². The molecule has 0 fully saturated rings. The number of carboxylic acids is 1. The molecule has 1 heterocycles. The van der Waals surface area contributed by atoms with Crippen molar-refractivity contribution in [2.24, 2.45) is 0 Å². The number of hydrogen-bond donors (Lipinski definition) is 5. The molecule has 2 rings (SSSR count). The van der Waals surface area contributed by atoms with Gasteiger partial charge in [-0.05, 0) is 43.8 Å². The van der Waals surface area contributed by atoms with Gasteiger partial charge in [0, 0.05) is 23.5 Å². The Balaban J connectivity index is 0.000000381. The molecule has 1 aromatic heterocycles. The summed E-state index contributed by atoms with van der Waals surface area (Å²) in [7, 11) is 2.05. The first-order valence-corrected chi connectivity index (χ1v) is 14.9. The summed E-state index contributed by atoms with van der Waals surface area (Å²) < 4.78 is 0. The zero-order valence-corrected chi connectivity index (χ0v) is 23.9. The molecule has 1 aromatic carbocycles. The standard InChI is InChI=1S/C19H41N.C12H12N2O4/c1-3-4-5-6-7-8-9-10-11-12-13-14-15-16-17-18-19-20-2;15-6-14-11(12(17)18)3-7-5-13-10-2-1-8(16)4-9(7)10/h20H,3-19H2,1-2H3;1-2,4-6,11,13,16H,3H2,(H,14,15)(H,17,18). The number of H-pyrrole nitrogens is 1. The number of aromatic hydroxyl groups is 1. The van der Waals surface area contributed by atoms with Gasteiger partial charge < -0.3 is 25.8 Å². The van der Waals surface area contributed by atoms with Crippen LogP contribution in [0, 0.1) is 0 Å². The molecule has 0 saturated heterocycles. The van der Waals surface area contributed by atoms with E-state index in [2.05, 4.69) is 22.5 Å². The number of hydrogen-bond acceptors (Lipinski definition) is 4. The molecule has 1 unspecified atom stereocenters. The molecular formula is C31H53N3O4. The van der Waals surface area contributed by atoms with Crippen LogP contribution in [0.4, 0.5) is 0 Å². The molecule has 0 aliphatic heterocycles. The number of phenols is 1. The predicted molar refractivity (Wildman–Crippen MR) is 158 cm³/mol. The van der Waals surface area contributed by atoms with Gasteiger partial charge in [-0.1, -0.05) is 103 Å². The van der Waals surface area contributed by atoms with E-state index in [4.69, 9.17) is 5.11 Å². The van der Waals surface area contributed by atoms with Crippen molar-refractivity contribution in [1.29, 1.82) is 0 Å². The number of aliphatic carboxylic acids is 1. The number of aromatic nitrogens is 1. The van der Waals surface area contributed by atoms with Gasteiger partial charge in [0.1, 0.15) is 11.8 Å². The maximum atomic E-state index is 10.9. The molecule has 0 spiro atoms. The van der Waals surface area contributed by atoms with E-state index in [1.54, 1.807) is 24.4 Å². The monoisotopic (exact) mass is 531 g/mol. The molecule has 0 bridgehead atoms. The van der Waals surface area contributed by atoms with Crippen LogP contribution in [0.25, 0.3) is 10.9 Å². The number of benzene rings is 1. The van der Waals surface area contributed by atoms with E-state index in [0.717, 1.165) is 16.5 Å². The summed E-state index contributed by atoms with van der Waals surface area (Å²) in [4.78, 5) is 24.3. The van der Waals surface area contributed by atoms with Gasteiger partial charge in [0.2, 0.25) is 6.41 Å². The number of amides is 1. The second-order valence-corrected chi connectivity index (χ2v) is 10.3. The van der Waals surface area contributed by atoms with Crippen LogP contribution in [0.1, 0.15) is 115 Å². The number of aromatic amines is 1. The number of unbranched alkanes of at least 4 members (excludes halogenated alkanes) is 15. The fraction of sp³-hybridized carbons (Fsp3) is 0.677. The number of carbonyl (C=O) groups excluding carboxylic acids is 1. The number of fused-ring (bicyclic) bond motifs is 1. The van der Waals surface area contributed by atoms with Crippen molar-refractivity contribution in [2.45, 2.75) is 122 Å². The Labute approximate surface area is 230 Å². The zero-order valence-electron chi connectivity index (χ0n) is 23.9. The SMILES string of the molecule is CCCCCCCCCCCCCCCCCCNC.O=CNC(Cc1c[nH]c2ccc(O)cc12)C(=O)O. The highest BCUT2D eigenvalue weighted by Crippen LogP contribution is 2.24. The minimum Gasteiger partial charge on any atom is -0.508 e. The molecule has 38 heavy (non-hydrogen) atoms. The van der Waals surface area contributed by atoms with Crippen molar-refractivity contribution < 1.29 is 19.8 Å². The van der Waals surface area contributed by atoms with Crippen molar-refractivity contribution in [3.05, 3.63) is 30.0 Å². The zero-order chi connectivity index (χ0) is 27.8. The summed E-state index contributed by atoms with van der Waals surface area (Å²) in [6.45, 7) is 3.49. The lowest BCUT2D eigenvalue weighted by atomic mass is 10.0. The number of nitrogens with one attached hydrogen (secondary N) is 3. The van der Waals surface area contributed by atoms with Crippen molar-refractivity contribution >= 4 is 23.3 Å². The van der Waals surface area contributed by atoms with Crippen LogP contribution >= 0.6 is 0 Å². The Morgan fingerprint density at radius 1 is 0.895 bits per heavy atom. The van der Waals surface area contributed by atoms with E-state index in [1.807, 2.05) is 7.05 Å². The Kier molecular flexibility index (Phi) is 19.8. The highest BCUT2D eigenvalue weighted by Gasteiger charge is 2.18. The van der Waals surface area contributed by atoms with Gasteiger partial charge in [0.25, 0.3) is 0 Å². The molecule has 7 heteroatoms. The topological polar surface area (TPSA) is 114 Å². The number of rotatable bonds is 22. The van der Waals surface area contributed by atoms with E-state index in [1.165, 1.54) is 109 Å². The summed E-state index contributed by atoms with van der Waals surface area (Å²) in [5.74, 6) is -0.991. The second kappa shape index (κ2) is 22.4. The average Bonchev–Trinajstić information content (AvgIpc) is 3.30. The molecule has 1 amide bonds. The van der Waals surface area contributed by atoms with Crippen LogP contribution in [0.3, 0.4) is 0 Å². The maximum absolute atomic E-state index is 10.9. The molecule has 2 aromatic rings. The highest BCUT2D eigenvalue weighted by molar-refractivity contribution is 5.86. The molecule has 0 saturated carbocycles. The maximum Gasteiger partial charge on any atom is 0.326 e. The smallest absolute Gasteiger partial charge is 0.326 e. The minimum atomic E-state index is -1.10. The molecule has 216 valence electrons. The van der Waals surface area contributed by atoms with Gasteiger partial charge in [-0.25, -0.2) is 4.79 Å². The fourth-order valence-electron chi connectivity index (χ4n) is 4.70. The molecule has 0 radical (unpaired) electrons. The Hall–Kier alpha value is -2.54. The Morgan fingerprint density at radius 2 is 1.42 bits per heavy atom. The lowest BCUT2D eigenvalue weighted by Crippen LogP contribution is -2.37. The van der Waals surface area contributed by atoms with Crippen LogP contribution in [0.2, 0.25) is 0 Å². The third kappa shape index (κ3) is 15.7. The number of carboxylic acid groups (broad SMARTS) is 1. The van der Waals surface area contributed by atoms with Crippen LogP contribution in [-0.4, -0.2) is 47.2 Å². The van der Waals surface area contributed by atoms with Gasteiger partial charge in [0.15, 0.2) is 0 Å². The molecule has 5 N–H and O–H groups in total. The van der Waals surface area contributed by atoms with Crippen molar-refractivity contribution in [1.82, 2.24) is 15.6 Å². The predicted octanol–water partition coefficient (Wildman–Crippen LogP) is 7.08. The lowest BCUT2D eigenvalue weighted by Gasteiger charge is -2.10. The van der Waals surface area contributed by atoms with Gasteiger partial charge in [-0.2, -0.15) is 0 Å². The summed E-state index contributed by atoms with van der Waals surface area (Å²) in [5, 5.41) is 24.6. The molecule has 0 aliphatic carbocycles. The summed E-state index contributed by atoms with van der Waals surface area (Å²) >= 11 is 0. The summed E-state index contributed by atoms with van der Waals surface area (Å²) in [6, 6.07) is 3.82. The Morgan fingerprint density at radius 3 is 1.89 bits per heavy atom. The lowest BCUT2D eigenvalue weighted by molar-refractivity contribution is -0.140. The van der Waals surface area contributed by atoms with Crippen molar-refractivity contribution in [3.63, 3.8) is 0 Å². The van der Waals surface area contributed by atoms with E-state index >= 15 is 0 Å². The first kappa shape index (κ1) is 33.5. The molecule has 0 aliphatic rings. The first-order valence-electron chi connectivity index (χ1n) is 14.9. The van der Waals surface area contributed by atoms with E-state index in [9.17, 15) is 14.7 Å². The Bertz CT molecular complexity index is 850. The fourth-order valence-corrected chi connectivity index (χ4v) is 4.70. The highest BCUT2D eigenvalue weighted by atomic mass is 16.4. The van der Waals surface area contributed by atoms with E-state index in [0.29, 0.717) is 6.41 Å². The number of phenolic OH excluding ortho intramolecular Hbond substituents is 1. The first-order chi connectivity index (χ1) is 18.5. The molecule has 1 atom stereocenters. The van der Waals surface area contributed by atoms with Gasteiger partial charge >= 0.3 is 5.97 Å². The number of carbonyl (C=O) groups is 2. The van der Waals surface area contributed by atoms with Crippen LogP contribution in [-0.2, 0) is 16.0 Å². The third-order valence-corrected chi connectivity index (χ3v) is 7.02. The minimum absolute atomic E-state index is 0.110. The summed E-state index contributed by atoms with van der Waals surface area (Å²) in [5.41, 5.74) is 1.53. The van der Waals surface area contributed by atoms with Crippen LogP contribution < -0.4 is 10.6 Å². The normalized spacial score (nSPS) is 11.6. The van der Waals surface area contributed by atoms with E-state index < -0.39 is 12.0 Å². The average molecular weight is 532 g/mol. The van der Waals surface area contributed by atoms with Gasteiger partial charge in [0.05, 0.1) is 0 Å².